The predicted octanol–water partition coefficient (Wildman–Crippen LogP) is 4.00. The fraction of sp³-hybridized carbons (Fsp3) is 0.357. The van der Waals surface area contributed by atoms with Crippen molar-refractivity contribution in [2.75, 3.05) is 5.32 Å². The van der Waals surface area contributed by atoms with Gasteiger partial charge in [-0.25, -0.2) is 4.79 Å². The molecule has 1 N–H and O–H groups in total. The van der Waals surface area contributed by atoms with Gasteiger partial charge in [0.25, 0.3) is 5.60 Å². The predicted molar refractivity (Wildman–Crippen MR) is 79.8 cm³/mol. The van der Waals surface area contributed by atoms with E-state index >= 15 is 0 Å². The van der Waals surface area contributed by atoms with Crippen LogP contribution in [-0.2, 0) is 14.9 Å². The van der Waals surface area contributed by atoms with Gasteiger partial charge in [-0.05, 0) is 37.0 Å². The van der Waals surface area contributed by atoms with E-state index in [0.29, 0.717) is 12.8 Å². The number of rotatable bonds is 1. The van der Waals surface area contributed by atoms with Crippen molar-refractivity contribution in [3.63, 3.8) is 0 Å². The first-order chi connectivity index (χ1) is 10.7. The van der Waals surface area contributed by atoms with E-state index in [1.54, 1.807) is 0 Å². The normalized spacial score (nSPS) is 24.7. The van der Waals surface area contributed by atoms with Crippen molar-refractivity contribution in [2.45, 2.75) is 30.2 Å². The highest BCUT2D eigenvalue weighted by molar-refractivity contribution is 7.09. The third-order valence-electron chi connectivity index (χ3n) is 3.64. The Morgan fingerprint density at radius 3 is 2.61 bits per heavy atom. The molecule has 23 heavy (non-hydrogen) atoms. The minimum absolute atomic E-state index is 0.0473. The van der Waals surface area contributed by atoms with Gasteiger partial charge in [-0.15, -0.1) is 0 Å². The van der Waals surface area contributed by atoms with Crippen LogP contribution >= 0.6 is 21.1 Å². The van der Waals surface area contributed by atoms with E-state index in [-0.39, 0.29) is 16.3 Å². The molecule has 1 aromatic rings. The monoisotopic (exact) mass is 363 g/mol. The molecule has 2 aliphatic rings. The lowest BCUT2D eigenvalue weighted by molar-refractivity contribution is -0.239. The number of anilines is 1. The average Bonchev–Trinajstić information content (AvgIpc) is 3.25. The Morgan fingerprint density at radius 1 is 1.35 bits per heavy atom. The van der Waals surface area contributed by atoms with E-state index in [9.17, 15) is 18.0 Å². The maximum absolute atomic E-state index is 13.8. The van der Waals surface area contributed by atoms with Gasteiger partial charge in [0, 0.05) is 20.1 Å². The molecule has 1 heterocycles. The zero-order valence-corrected chi connectivity index (χ0v) is 13.4. The fourth-order valence-electron chi connectivity index (χ4n) is 2.21. The van der Waals surface area contributed by atoms with Crippen molar-refractivity contribution < 1.29 is 27.2 Å². The van der Waals surface area contributed by atoms with Gasteiger partial charge in [0.2, 0.25) is 0 Å². The first kappa shape index (κ1) is 16.4. The summed E-state index contributed by atoms with van der Waals surface area (Å²) in [5.74, 6) is 4.54. The zero-order chi connectivity index (χ0) is 16.9. The molecule has 0 aromatic heterocycles. The highest BCUT2D eigenvalue weighted by Crippen LogP contribution is 2.49. The topological polar surface area (TPSA) is 47.6 Å². The summed E-state index contributed by atoms with van der Waals surface area (Å²) in [7, 11) is 1.99. The van der Waals surface area contributed by atoms with Crippen LogP contribution < -0.4 is 5.32 Å². The number of benzene rings is 1. The summed E-state index contributed by atoms with van der Waals surface area (Å²) >= 11 is 5.81. The van der Waals surface area contributed by atoms with Gasteiger partial charge in [-0.1, -0.05) is 17.5 Å². The van der Waals surface area contributed by atoms with Crippen LogP contribution in [0.15, 0.2) is 18.2 Å². The van der Waals surface area contributed by atoms with E-state index in [4.69, 9.17) is 16.1 Å². The Hall–Kier alpha value is -1.48. The first-order valence-electron chi connectivity index (χ1n) is 6.50. The molecule has 1 saturated carbocycles. The van der Waals surface area contributed by atoms with Crippen LogP contribution in [-0.4, -0.2) is 17.9 Å². The van der Waals surface area contributed by atoms with Gasteiger partial charge in [-0.2, -0.15) is 13.2 Å². The number of amides is 1. The number of hydrogen-bond acceptors (Lipinski definition) is 3. The molecular formula is C14H10ClF3NO3P. The van der Waals surface area contributed by atoms with E-state index in [2.05, 4.69) is 21.9 Å². The summed E-state index contributed by atoms with van der Waals surface area (Å²) in [5, 5.41) is 2.29. The quantitative estimate of drug-likeness (QED) is 0.606. The molecule has 3 rings (SSSR count). The summed E-state index contributed by atoms with van der Waals surface area (Å²) in [6.07, 6.45) is -5.17. The molecule has 1 aliphatic heterocycles. The third kappa shape index (κ3) is 2.76. The van der Waals surface area contributed by atoms with Crippen molar-refractivity contribution in [1.82, 2.24) is 0 Å². The van der Waals surface area contributed by atoms with Gasteiger partial charge in [0.15, 0.2) is 0 Å². The van der Waals surface area contributed by atoms with E-state index in [1.807, 2.05) is 9.47 Å². The fourth-order valence-corrected chi connectivity index (χ4v) is 2.68. The summed E-state index contributed by atoms with van der Waals surface area (Å²) in [6.45, 7) is 0. The van der Waals surface area contributed by atoms with Gasteiger partial charge < -0.3 is 9.26 Å². The van der Waals surface area contributed by atoms with Crippen LogP contribution in [0.2, 0.25) is 5.02 Å². The number of carbonyl (C=O) groups excluding carboxylic acids is 1. The molecule has 1 amide bonds. The molecule has 9 heteroatoms. The lowest BCUT2D eigenvalue weighted by Gasteiger charge is -2.35. The van der Waals surface area contributed by atoms with Gasteiger partial charge in [0.05, 0.1) is 5.69 Å². The van der Waals surface area contributed by atoms with Crippen molar-refractivity contribution in [3.8, 4) is 11.8 Å². The zero-order valence-electron chi connectivity index (χ0n) is 11.5. The van der Waals surface area contributed by atoms with Crippen molar-refractivity contribution in [3.05, 3.63) is 28.8 Å². The molecule has 4 nitrogen and oxygen atoms in total. The molecule has 122 valence electrons. The largest absolute Gasteiger partial charge is 0.445 e. The molecule has 1 aliphatic carbocycles. The second-order valence-corrected chi connectivity index (χ2v) is 5.92. The Morgan fingerprint density at radius 2 is 2.04 bits per heavy atom. The second kappa shape index (κ2) is 5.27. The maximum Gasteiger partial charge on any atom is 0.445 e. The lowest BCUT2D eigenvalue weighted by Crippen LogP contribution is -2.49. The Kier molecular flexibility index (Phi) is 3.75. The number of fused-ring (bicyclic) bond motifs is 1. The maximum atomic E-state index is 13.8. The van der Waals surface area contributed by atoms with Gasteiger partial charge in [-0.3, -0.25) is 5.32 Å². The van der Waals surface area contributed by atoms with Crippen LogP contribution in [0.1, 0.15) is 18.4 Å². The Balaban J connectivity index is 2.21. The molecule has 2 unspecified atom stereocenters. The molecule has 0 bridgehead atoms. The van der Waals surface area contributed by atoms with Crippen molar-refractivity contribution in [1.29, 1.82) is 0 Å². The number of cyclic esters (lactones) is 1. The standard InChI is InChI=1S/C14H10ClF3NO3P/c15-8-1-2-10-9(7-8)13(14(16,17)18,21-11(20)19-10)6-5-12(22-23)3-4-12/h1-2,7H,3-4,23H2,(H,19,20). The summed E-state index contributed by atoms with van der Waals surface area (Å²) in [5.41, 5.74) is -4.44. The average molecular weight is 364 g/mol. The van der Waals surface area contributed by atoms with Crippen LogP contribution in [0.3, 0.4) is 0 Å². The number of ether oxygens (including phenoxy) is 1. The van der Waals surface area contributed by atoms with E-state index in [0.717, 1.165) is 6.07 Å². The van der Waals surface area contributed by atoms with Crippen LogP contribution in [0.25, 0.3) is 0 Å². The van der Waals surface area contributed by atoms with Gasteiger partial charge in [0.1, 0.15) is 5.60 Å². The smallest absolute Gasteiger partial charge is 0.415 e. The lowest BCUT2D eigenvalue weighted by atomic mass is 9.90. The molecule has 2 atom stereocenters. The van der Waals surface area contributed by atoms with Gasteiger partial charge >= 0.3 is 12.3 Å². The summed E-state index contributed by atoms with van der Waals surface area (Å²) < 4.78 is 51.0. The number of hydrogen-bond donors (Lipinski definition) is 1. The van der Waals surface area contributed by atoms with Crippen LogP contribution in [0.5, 0.6) is 0 Å². The minimum atomic E-state index is -4.95. The van der Waals surface area contributed by atoms with Crippen LogP contribution in [0.4, 0.5) is 23.7 Å². The van der Waals surface area contributed by atoms with Crippen molar-refractivity contribution in [2.24, 2.45) is 0 Å². The Labute approximate surface area is 136 Å². The highest BCUT2D eigenvalue weighted by Gasteiger charge is 2.62. The summed E-state index contributed by atoms with van der Waals surface area (Å²) in [4.78, 5) is 11.6. The van der Waals surface area contributed by atoms with Crippen LogP contribution in [0, 0.1) is 11.8 Å². The molecule has 0 radical (unpaired) electrons. The molecule has 0 spiro atoms. The summed E-state index contributed by atoms with van der Waals surface area (Å²) in [6, 6.07) is 3.73. The molecular weight excluding hydrogens is 354 g/mol. The highest BCUT2D eigenvalue weighted by atomic mass is 35.5. The second-order valence-electron chi connectivity index (χ2n) is 5.25. The molecule has 1 aromatic carbocycles. The minimum Gasteiger partial charge on any atom is -0.415 e. The first-order valence-corrected chi connectivity index (χ1v) is 7.35. The van der Waals surface area contributed by atoms with Crippen molar-refractivity contribution >= 4 is 32.8 Å². The Bertz CT molecular complexity index is 739. The molecule has 0 saturated heterocycles. The molecule has 1 fully saturated rings. The number of carbonyl (C=O) groups is 1. The van der Waals surface area contributed by atoms with E-state index < -0.39 is 23.5 Å². The number of alkyl halides is 3. The number of halogens is 4. The third-order valence-corrected chi connectivity index (χ3v) is 4.32. The SMILES string of the molecule is O=C1Nc2ccc(Cl)cc2C(C#CC2(OP)CC2)(C(F)(F)F)O1. The number of nitrogens with one attached hydrogen (secondary N) is 1. The van der Waals surface area contributed by atoms with E-state index in [1.165, 1.54) is 12.1 Å².